The monoisotopic (exact) mass is 368 g/mol. The Kier molecular flexibility index (Phi) is 8.50. The molecule has 0 radical (unpaired) electrons. The number of benzene rings is 1. The van der Waals surface area contributed by atoms with Gasteiger partial charge in [-0.2, -0.15) is 0 Å². The number of halogens is 1. The summed E-state index contributed by atoms with van der Waals surface area (Å²) in [5.74, 6) is 0. The molecule has 0 saturated carbocycles. The number of aliphatic hydroxyl groups excluding tert-OH is 1. The van der Waals surface area contributed by atoms with E-state index in [-0.39, 0.29) is 16.8 Å². The zero-order valence-corrected chi connectivity index (χ0v) is 16.1. The highest BCUT2D eigenvalue weighted by Crippen LogP contribution is 2.25. The van der Waals surface area contributed by atoms with Gasteiger partial charge in [-0.25, -0.2) is 4.79 Å². The summed E-state index contributed by atoms with van der Waals surface area (Å²) in [4.78, 5) is 14.3. The molecule has 1 fully saturated rings. The normalized spacial score (nSPS) is 20.0. The third-order valence-corrected chi connectivity index (χ3v) is 5.15. The largest absolute Gasteiger partial charge is 0.443 e. The molecule has 1 aliphatic heterocycles. The summed E-state index contributed by atoms with van der Waals surface area (Å²) < 4.78 is 5.64. The lowest BCUT2D eigenvalue weighted by molar-refractivity contribution is -0.0283. The number of hydrogen-bond acceptors (Lipinski definition) is 4. The average molecular weight is 368 g/mol. The first kappa shape index (κ1) is 22.4. The highest BCUT2D eigenvalue weighted by Gasteiger charge is 2.37. The second-order valence-corrected chi connectivity index (χ2v) is 7.58. The molecule has 0 aromatic heterocycles. The van der Waals surface area contributed by atoms with Crippen molar-refractivity contribution in [3.63, 3.8) is 0 Å². The number of likely N-dealkylation sites (tertiary alicyclic amines) is 1. The number of nitrogens with two attached hydrogens (primary N) is 1. The van der Waals surface area contributed by atoms with Crippen molar-refractivity contribution >= 4 is 6.09 Å². The van der Waals surface area contributed by atoms with Gasteiger partial charge in [0.25, 0.3) is 0 Å². The molecule has 1 aliphatic rings. The Hall–Kier alpha value is -1.66. The number of rotatable bonds is 6. The molecule has 1 saturated heterocycles. The first-order valence-corrected chi connectivity index (χ1v) is 9.31. The van der Waals surface area contributed by atoms with Gasteiger partial charge in [-0.1, -0.05) is 37.3 Å². The predicted molar refractivity (Wildman–Crippen MR) is 102 cm³/mol. The van der Waals surface area contributed by atoms with Crippen LogP contribution in [0.1, 0.15) is 52.0 Å². The van der Waals surface area contributed by atoms with Crippen molar-refractivity contribution in [2.75, 3.05) is 6.54 Å². The Bertz CT molecular complexity index is 553. The first-order chi connectivity index (χ1) is 11.8. The molecule has 2 rings (SSSR count). The topological polar surface area (TPSA) is 75.8 Å². The van der Waals surface area contributed by atoms with Gasteiger partial charge in [-0.15, -0.1) is 0 Å². The number of aliphatic hydroxyl groups is 1. The molecule has 1 heterocycles. The summed E-state index contributed by atoms with van der Waals surface area (Å²) in [6.45, 7) is 6.41. The molecule has 0 bridgehead atoms. The number of carbonyl (C=O) groups excluding carboxylic acids is 1. The Balaban J connectivity index is 0.00000338. The second kappa shape index (κ2) is 9.88. The Labute approximate surface area is 155 Å². The fourth-order valence-corrected chi connectivity index (χ4v) is 3.20. The van der Waals surface area contributed by atoms with Crippen LogP contribution in [0.25, 0.3) is 0 Å². The summed E-state index contributed by atoms with van der Waals surface area (Å²) in [6.07, 6.45) is 2.89. The van der Waals surface area contributed by atoms with Crippen molar-refractivity contribution in [2.45, 2.75) is 76.7 Å². The minimum Gasteiger partial charge on any atom is -0.443 e. The third kappa shape index (κ3) is 5.95. The standard InChI is InChI=1S/C20H32N2O3.FH/c1-4-20(2,3)25-19(24)22-13-9-8-12-17(22)18(23)16(21)14-15-10-6-5-7-11-15;/h5-7,10-11,16-18,23H,4,8-9,12-14,21H2,1-3H3;1H/t16-,17+,18-;/m0./s1. The zero-order valence-electron chi connectivity index (χ0n) is 16.1. The van der Waals surface area contributed by atoms with Gasteiger partial charge in [0.2, 0.25) is 0 Å². The zero-order chi connectivity index (χ0) is 18.4. The van der Waals surface area contributed by atoms with Crippen molar-refractivity contribution in [3.05, 3.63) is 35.9 Å². The number of amides is 1. The molecule has 5 nitrogen and oxygen atoms in total. The average Bonchev–Trinajstić information content (AvgIpc) is 2.61. The van der Waals surface area contributed by atoms with Gasteiger partial charge in [0.05, 0.1) is 12.1 Å². The molecule has 1 amide bonds. The van der Waals surface area contributed by atoms with Crippen LogP contribution in [0.3, 0.4) is 0 Å². The maximum Gasteiger partial charge on any atom is 0.410 e. The van der Waals surface area contributed by atoms with Gasteiger partial charge in [0.1, 0.15) is 5.60 Å². The fraction of sp³-hybridized carbons (Fsp3) is 0.650. The summed E-state index contributed by atoms with van der Waals surface area (Å²) in [7, 11) is 0. The molecular formula is C20H33FN2O3. The second-order valence-electron chi connectivity index (χ2n) is 7.58. The van der Waals surface area contributed by atoms with Gasteiger partial charge in [-0.05, 0) is 51.5 Å². The molecule has 0 spiro atoms. The summed E-state index contributed by atoms with van der Waals surface area (Å²) >= 11 is 0. The van der Waals surface area contributed by atoms with Crippen molar-refractivity contribution < 1.29 is 19.3 Å². The fourth-order valence-electron chi connectivity index (χ4n) is 3.20. The van der Waals surface area contributed by atoms with Crippen LogP contribution in [0.4, 0.5) is 9.50 Å². The quantitative estimate of drug-likeness (QED) is 0.808. The van der Waals surface area contributed by atoms with Gasteiger partial charge in [-0.3, -0.25) is 4.70 Å². The van der Waals surface area contributed by atoms with Crippen LogP contribution < -0.4 is 5.73 Å². The van der Waals surface area contributed by atoms with Crippen molar-refractivity contribution in [2.24, 2.45) is 5.73 Å². The number of ether oxygens (including phenoxy) is 1. The number of nitrogens with zero attached hydrogens (tertiary/aromatic N) is 1. The minimum atomic E-state index is -0.766. The van der Waals surface area contributed by atoms with Crippen LogP contribution >= 0.6 is 0 Å². The molecule has 3 N–H and O–H groups in total. The Morgan fingerprint density at radius 3 is 2.62 bits per heavy atom. The number of hydrogen-bond donors (Lipinski definition) is 2. The van der Waals surface area contributed by atoms with Gasteiger partial charge >= 0.3 is 6.09 Å². The lowest BCUT2D eigenvalue weighted by Crippen LogP contribution is -2.56. The van der Waals surface area contributed by atoms with E-state index in [0.29, 0.717) is 13.0 Å². The van der Waals surface area contributed by atoms with E-state index in [1.54, 1.807) is 4.90 Å². The Morgan fingerprint density at radius 2 is 2.00 bits per heavy atom. The van der Waals surface area contributed by atoms with Gasteiger partial charge in [0.15, 0.2) is 0 Å². The lowest BCUT2D eigenvalue weighted by Gasteiger charge is -2.41. The van der Waals surface area contributed by atoms with Crippen molar-refractivity contribution in [3.8, 4) is 0 Å². The summed E-state index contributed by atoms with van der Waals surface area (Å²) in [5, 5.41) is 10.8. The molecular weight excluding hydrogens is 335 g/mol. The van der Waals surface area contributed by atoms with Gasteiger partial charge < -0.3 is 20.5 Å². The van der Waals surface area contributed by atoms with E-state index >= 15 is 0 Å². The van der Waals surface area contributed by atoms with E-state index in [1.807, 2.05) is 51.1 Å². The maximum absolute atomic E-state index is 12.6. The molecule has 1 aromatic rings. The molecule has 26 heavy (non-hydrogen) atoms. The van der Waals surface area contributed by atoms with Gasteiger partial charge in [0, 0.05) is 12.6 Å². The van der Waals surface area contributed by atoms with E-state index in [4.69, 9.17) is 10.5 Å². The van der Waals surface area contributed by atoms with E-state index < -0.39 is 17.7 Å². The Morgan fingerprint density at radius 1 is 1.35 bits per heavy atom. The predicted octanol–water partition coefficient (Wildman–Crippen LogP) is 3.25. The highest BCUT2D eigenvalue weighted by molar-refractivity contribution is 5.68. The van der Waals surface area contributed by atoms with Crippen LogP contribution in [0.15, 0.2) is 30.3 Å². The minimum absolute atomic E-state index is 0. The van der Waals surface area contributed by atoms with E-state index in [9.17, 15) is 9.90 Å². The van der Waals surface area contributed by atoms with E-state index in [2.05, 4.69) is 0 Å². The SMILES string of the molecule is CCC(C)(C)OC(=O)N1CCCC[C@@H]1[C@@H](O)[C@@H](N)Cc1ccccc1.F. The highest BCUT2D eigenvalue weighted by atomic mass is 19.0. The molecule has 148 valence electrons. The number of piperidine rings is 1. The van der Waals surface area contributed by atoms with Crippen LogP contribution in [0.2, 0.25) is 0 Å². The molecule has 0 aliphatic carbocycles. The van der Waals surface area contributed by atoms with E-state index in [0.717, 1.165) is 31.2 Å². The molecule has 6 heteroatoms. The summed E-state index contributed by atoms with van der Waals surface area (Å²) in [5.41, 5.74) is 6.85. The van der Waals surface area contributed by atoms with Crippen molar-refractivity contribution in [1.82, 2.24) is 4.90 Å². The van der Waals surface area contributed by atoms with Crippen LogP contribution in [0, 0.1) is 0 Å². The van der Waals surface area contributed by atoms with E-state index in [1.165, 1.54) is 0 Å². The smallest absolute Gasteiger partial charge is 0.410 e. The maximum atomic E-state index is 12.6. The lowest BCUT2D eigenvalue weighted by atomic mass is 9.91. The van der Waals surface area contributed by atoms with Crippen molar-refractivity contribution in [1.29, 1.82) is 0 Å². The summed E-state index contributed by atoms with van der Waals surface area (Å²) in [6, 6.07) is 9.19. The van der Waals surface area contributed by atoms with Crippen LogP contribution in [0.5, 0.6) is 0 Å². The first-order valence-electron chi connectivity index (χ1n) is 9.31. The van der Waals surface area contributed by atoms with Crippen LogP contribution in [-0.2, 0) is 11.2 Å². The molecule has 3 atom stereocenters. The molecule has 1 aromatic carbocycles. The third-order valence-electron chi connectivity index (χ3n) is 5.15. The number of carbonyl (C=O) groups is 1. The van der Waals surface area contributed by atoms with Crippen LogP contribution in [-0.4, -0.2) is 46.4 Å². The molecule has 0 unspecified atom stereocenters.